The van der Waals surface area contributed by atoms with Crippen LogP contribution in [0.2, 0.25) is 5.02 Å². The first kappa shape index (κ1) is 81.2. The predicted molar refractivity (Wildman–Crippen MR) is 374 cm³/mol. The number of likely N-dealkylation sites (tertiary alicyclic amines) is 1. The summed E-state index contributed by atoms with van der Waals surface area (Å²) in [5, 5.41) is 8.18. The van der Waals surface area contributed by atoms with Crippen LogP contribution in [-0.4, -0.2) is 251 Å². The van der Waals surface area contributed by atoms with Gasteiger partial charge in [-0.15, -0.1) is 0 Å². The molecule has 1 spiro atoms. The lowest BCUT2D eigenvalue weighted by Crippen LogP contribution is -2.65. The van der Waals surface area contributed by atoms with Crippen molar-refractivity contribution < 1.29 is 70.7 Å². The normalized spacial score (nSPS) is 26.5. The minimum absolute atomic E-state index is 0.0202. The molecule has 24 nitrogen and oxygen atoms in total. The van der Waals surface area contributed by atoms with E-state index in [4.69, 9.17) is 11.6 Å². The number of nitrogens with zero attached hydrogens (tertiary/aromatic N) is 9. The van der Waals surface area contributed by atoms with Gasteiger partial charge < -0.3 is 60.0 Å². The molecule has 1 aromatic carbocycles. The predicted octanol–water partition coefficient (Wildman–Crippen LogP) is 6.42. The van der Waals surface area contributed by atoms with E-state index >= 15 is 28.8 Å². The van der Waals surface area contributed by atoms with Gasteiger partial charge in [-0.25, -0.2) is 0 Å². The molecule has 6 aliphatic rings. The van der Waals surface area contributed by atoms with Crippen molar-refractivity contribution in [2.45, 2.75) is 242 Å². The number of hydrogen-bond donors (Lipinski definition) is 3. The highest BCUT2D eigenvalue weighted by atomic mass is 35.5. The average Bonchev–Trinajstić information content (AvgIpc) is 1.77. The molecule has 1 unspecified atom stereocenters. The zero-order chi connectivity index (χ0) is 74.4. The zero-order valence-electron chi connectivity index (χ0n) is 61.4. The number of nitrogens with one attached hydrogen (secondary N) is 3. The number of alkyl halides is 3. The lowest BCUT2D eigenvalue weighted by molar-refractivity contribution is -0.157. The Morgan fingerprint density at radius 3 is 1.76 bits per heavy atom. The Kier molecular flexibility index (Phi) is 29.3. The highest BCUT2D eigenvalue weighted by molar-refractivity contribution is 6.31. The molecule has 3 aliphatic carbocycles. The van der Waals surface area contributed by atoms with Crippen molar-refractivity contribution in [3.05, 3.63) is 34.3 Å². The van der Waals surface area contributed by atoms with Crippen LogP contribution in [0.15, 0.2) is 18.2 Å². The van der Waals surface area contributed by atoms with Gasteiger partial charge in [0, 0.05) is 69.0 Å². The number of carbonyl (C=O) groups is 12. The number of piperidine rings is 1. The van der Waals surface area contributed by atoms with Gasteiger partial charge in [-0.05, 0) is 131 Å². The molecule has 7 atom stereocenters. The Hall–Kier alpha value is -7.06. The number of likely N-dealkylation sites (N-methyl/N-ethyl adjacent to an activating group) is 7. The molecule has 1 aromatic rings. The van der Waals surface area contributed by atoms with E-state index in [1.807, 2.05) is 27.7 Å². The third kappa shape index (κ3) is 21.1. The van der Waals surface area contributed by atoms with E-state index in [1.54, 1.807) is 4.90 Å². The topological polar surface area (TPSA) is 270 Å². The average molecular weight is 1440 g/mol. The van der Waals surface area contributed by atoms with E-state index in [9.17, 15) is 41.9 Å². The molecular formula is C73H112ClF3N12O12. The van der Waals surface area contributed by atoms with Gasteiger partial charge in [-0.2, -0.15) is 13.2 Å². The van der Waals surface area contributed by atoms with Crippen LogP contribution in [0.25, 0.3) is 0 Å². The summed E-state index contributed by atoms with van der Waals surface area (Å²) < 4.78 is 41.7. The summed E-state index contributed by atoms with van der Waals surface area (Å²) in [6.45, 7) is 6.59. The van der Waals surface area contributed by atoms with Gasteiger partial charge in [0.15, 0.2) is 0 Å². The van der Waals surface area contributed by atoms with Crippen LogP contribution in [0, 0.1) is 23.7 Å². The number of aryl methyl sites for hydroxylation is 1. The molecule has 3 saturated carbocycles. The fourth-order valence-corrected chi connectivity index (χ4v) is 16.2. The van der Waals surface area contributed by atoms with Crippen LogP contribution in [0.4, 0.5) is 13.2 Å². The van der Waals surface area contributed by atoms with Crippen LogP contribution < -0.4 is 16.0 Å². The standard InChI is InChI=1S/C73H112ClF3N12O12/c1-46(2)38-54-66(96)83(7)44-61(92)81(5)45-62(93)85(9)57(41-48-24-15-12-16-25-48)68(98)82(6)43-59(90)78-53(32-30-49-29-31-51(52(74)40-49)73(75,76)77)67(97)89-37-23-28-55(89)65(95)80-72(33-19-20-34-72)71(101)87(11)63(50-26-17-13-18-27-50)70(100)86(10)58(69(99)88-35-21-14-22-36-88)42-60(91)84(8)56(39-47(3)4)64(94)79-54/h29,31,40,46-48,50,53-58,63H,12-28,30,32-39,41-45H2,1-11H3,(H,78,90)(H,79,94)(H,80,95)/t53-,54-,55?,56-,57-,58-,63-/m0/s1. The zero-order valence-corrected chi connectivity index (χ0v) is 62.2. The van der Waals surface area contributed by atoms with E-state index in [0.29, 0.717) is 63.6 Å². The molecular weight excluding hydrogens is 1330 g/mol. The van der Waals surface area contributed by atoms with E-state index < -0.39 is 167 Å². The van der Waals surface area contributed by atoms with Crippen LogP contribution >= 0.6 is 11.6 Å². The Balaban J connectivity index is 1.29. The molecule has 28 heteroatoms. The number of halogens is 4. The third-order valence-electron chi connectivity index (χ3n) is 21.9. The Labute approximate surface area is 599 Å². The van der Waals surface area contributed by atoms with Gasteiger partial charge in [0.1, 0.15) is 47.8 Å². The first-order valence-electron chi connectivity index (χ1n) is 36.8. The summed E-state index contributed by atoms with van der Waals surface area (Å²) in [5.74, 6) is -8.34. The molecule has 3 heterocycles. The van der Waals surface area contributed by atoms with Crippen molar-refractivity contribution in [2.75, 3.05) is 88.6 Å². The second kappa shape index (κ2) is 36.4. The summed E-state index contributed by atoms with van der Waals surface area (Å²) in [7, 11) is 10.0. The number of rotatable bonds is 11. The highest BCUT2D eigenvalue weighted by Crippen LogP contribution is 2.39. The number of fused-ring (bicyclic) bond motifs is 1. The first-order chi connectivity index (χ1) is 47.6. The van der Waals surface area contributed by atoms with Crippen molar-refractivity contribution >= 4 is 82.5 Å². The van der Waals surface area contributed by atoms with Crippen molar-refractivity contribution in [1.82, 2.24) is 60.0 Å². The summed E-state index contributed by atoms with van der Waals surface area (Å²) in [6, 6.07) is -5.50. The first-order valence-corrected chi connectivity index (χ1v) is 37.2. The van der Waals surface area contributed by atoms with Crippen molar-refractivity contribution in [1.29, 1.82) is 0 Å². The van der Waals surface area contributed by atoms with Gasteiger partial charge in [0.2, 0.25) is 70.9 Å². The molecule has 3 saturated heterocycles. The van der Waals surface area contributed by atoms with Gasteiger partial charge in [-0.3, -0.25) is 57.5 Å². The SMILES string of the molecule is CC(C)C[C@@H]1NC(=O)[C@H](CC(C)C)N(C)C(=O)C[C@@H](C(=O)N2CCCCC2)N(C)C(=O)[C@H](C2CCCCC2)N(C)C(=O)C2(CCCC2)NC(=O)C2CCCN2C(=O)[C@H](CCc2ccc(C(F)(F)F)c(Cl)c2)NC(=O)CN(C)C(=O)[C@H](CC2CCCCC2)N(C)C(=O)CN(C)C(=O)CN(C)C1=O. The number of hydrogen-bond acceptors (Lipinski definition) is 12. The van der Waals surface area contributed by atoms with Crippen molar-refractivity contribution in [2.24, 2.45) is 23.7 Å². The Bertz CT molecular complexity index is 3130. The third-order valence-corrected chi connectivity index (χ3v) is 22.2. The molecule has 3 N–H and O–H groups in total. The molecule has 3 aliphatic heterocycles. The van der Waals surface area contributed by atoms with E-state index in [0.717, 1.165) is 84.6 Å². The largest absolute Gasteiger partial charge is 0.417 e. The van der Waals surface area contributed by atoms with E-state index in [-0.39, 0.29) is 75.7 Å². The number of amides is 12. The summed E-state index contributed by atoms with van der Waals surface area (Å²) in [5.41, 5.74) is -2.33. The lowest BCUT2D eigenvalue weighted by atomic mass is 9.81. The Morgan fingerprint density at radius 1 is 0.574 bits per heavy atom. The quantitative estimate of drug-likeness (QED) is 0.217. The van der Waals surface area contributed by atoms with Crippen molar-refractivity contribution in [3.8, 4) is 0 Å². The van der Waals surface area contributed by atoms with Gasteiger partial charge in [0.25, 0.3) is 0 Å². The van der Waals surface area contributed by atoms with Crippen LogP contribution in [0.5, 0.6) is 0 Å². The van der Waals surface area contributed by atoms with Crippen LogP contribution in [-0.2, 0) is 70.1 Å². The van der Waals surface area contributed by atoms with Crippen molar-refractivity contribution in [3.63, 3.8) is 0 Å². The smallest absolute Gasteiger partial charge is 0.343 e. The monoisotopic (exact) mass is 1440 g/mol. The highest BCUT2D eigenvalue weighted by Gasteiger charge is 2.51. The molecule has 101 heavy (non-hydrogen) atoms. The molecule has 0 bridgehead atoms. The van der Waals surface area contributed by atoms with Gasteiger partial charge in [0.05, 0.1) is 36.6 Å². The molecule has 564 valence electrons. The maximum Gasteiger partial charge on any atom is 0.417 e. The maximum absolute atomic E-state index is 15.8. The fraction of sp³-hybridized carbons (Fsp3) is 0.753. The van der Waals surface area contributed by atoms with E-state index in [2.05, 4.69) is 16.0 Å². The molecule has 0 radical (unpaired) electrons. The fourth-order valence-electron chi connectivity index (χ4n) is 15.9. The molecule has 0 aromatic heterocycles. The molecule has 12 amide bonds. The molecule has 7 rings (SSSR count). The molecule has 6 fully saturated rings. The lowest BCUT2D eigenvalue weighted by Gasteiger charge is -2.43. The number of benzene rings is 1. The van der Waals surface area contributed by atoms with Gasteiger partial charge >= 0.3 is 6.18 Å². The Morgan fingerprint density at radius 2 is 1.16 bits per heavy atom. The van der Waals surface area contributed by atoms with Crippen LogP contribution in [0.1, 0.15) is 193 Å². The van der Waals surface area contributed by atoms with E-state index in [1.165, 1.54) is 79.9 Å². The minimum Gasteiger partial charge on any atom is -0.343 e. The summed E-state index contributed by atoms with van der Waals surface area (Å²) in [6.07, 6.45) is 6.85. The number of carbonyl (C=O) groups excluding carboxylic acids is 12. The second-order valence-corrected chi connectivity index (χ2v) is 30.9. The van der Waals surface area contributed by atoms with Gasteiger partial charge in [-0.1, -0.05) is 110 Å². The second-order valence-electron chi connectivity index (χ2n) is 30.5. The summed E-state index contributed by atoms with van der Waals surface area (Å²) >= 11 is 6.16. The van der Waals surface area contributed by atoms with Crippen LogP contribution in [0.3, 0.4) is 0 Å². The minimum atomic E-state index is -4.76. The maximum atomic E-state index is 15.8. The summed E-state index contributed by atoms with van der Waals surface area (Å²) in [4.78, 5) is 191.